The molecule has 2 aliphatic rings. The van der Waals surface area contributed by atoms with Gasteiger partial charge in [0, 0.05) is 0 Å². The molecule has 2 aromatic rings. The number of anilines is 2. The largest absolute Gasteiger partial charge is 0.280 e. The van der Waals surface area contributed by atoms with Gasteiger partial charge in [0.25, 0.3) is 11.8 Å². The molecule has 0 N–H and O–H groups in total. The first-order valence-electron chi connectivity index (χ1n) is 8.67. The topological polar surface area (TPSA) is 65.3 Å². The number of hydrogen-bond donors (Lipinski definition) is 0. The van der Waals surface area contributed by atoms with Gasteiger partial charge >= 0.3 is 0 Å². The maximum absolute atomic E-state index is 12.9. The average molecular weight is 358 g/mol. The second-order valence-electron chi connectivity index (χ2n) is 6.42. The first-order valence-corrected chi connectivity index (χ1v) is 8.67. The van der Waals surface area contributed by atoms with Crippen LogP contribution in [0.15, 0.2) is 82.5 Å². The molecule has 2 heterocycles. The predicted octanol–water partition coefficient (Wildman–Crippen LogP) is 3.37. The average Bonchev–Trinajstić information content (AvgIpc) is 3.14. The monoisotopic (exact) mass is 358 g/mol. The van der Waals surface area contributed by atoms with Gasteiger partial charge in [-0.25, -0.2) is 0 Å². The van der Waals surface area contributed by atoms with Crippen LogP contribution >= 0.6 is 0 Å². The first-order chi connectivity index (χ1) is 13.1. The molecule has 0 saturated carbocycles. The zero-order valence-electron chi connectivity index (χ0n) is 15.0. The van der Waals surface area contributed by atoms with Crippen LogP contribution in [0.3, 0.4) is 0 Å². The smallest absolute Gasteiger partial charge is 0.271 e. The summed E-state index contributed by atoms with van der Waals surface area (Å²) < 4.78 is 0. The number of para-hydroxylation sites is 2. The fraction of sp³-hybridized carbons (Fsp3) is 0.143. The van der Waals surface area contributed by atoms with Crippen LogP contribution in [0.2, 0.25) is 0 Å². The number of hydrogen-bond acceptors (Lipinski definition) is 4. The van der Waals surface area contributed by atoms with E-state index in [0.717, 1.165) is 0 Å². The summed E-state index contributed by atoms with van der Waals surface area (Å²) in [5.41, 5.74) is 3.07. The molecule has 1 atom stereocenters. The third kappa shape index (κ3) is 2.95. The zero-order valence-corrected chi connectivity index (χ0v) is 15.0. The van der Waals surface area contributed by atoms with Crippen molar-refractivity contribution in [3.63, 3.8) is 0 Å². The van der Waals surface area contributed by atoms with Crippen molar-refractivity contribution in [2.24, 2.45) is 16.1 Å². The quantitative estimate of drug-likeness (QED) is 0.790. The molecule has 0 radical (unpaired) electrons. The van der Waals surface area contributed by atoms with E-state index < -0.39 is 5.92 Å². The van der Waals surface area contributed by atoms with Gasteiger partial charge in [-0.05, 0) is 38.1 Å². The van der Waals surface area contributed by atoms with Gasteiger partial charge in [0.1, 0.15) is 0 Å². The van der Waals surface area contributed by atoms with Gasteiger partial charge < -0.3 is 0 Å². The highest BCUT2D eigenvalue weighted by molar-refractivity contribution is 6.30. The number of rotatable bonds is 3. The van der Waals surface area contributed by atoms with Crippen LogP contribution < -0.4 is 10.0 Å². The zero-order chi connectivity index (χ0) is 19.0. The van der Waals surface area contributed by atoms with Crippen LogP contribution in [0.4, 0.5) is 11.4 Å². The van der Waals surface area contributed by atoms with Crippen LogP contribution in [-0.4, -0.2) is 23.2 Å². The van der Waals surface area contributed by atoms with Crippen LogP contribution in [0.5, 0.6) is 0 Å². The van der Waals surface area contributed by atoms with Gasteiger partial charge in [-0.2, -0.15) is 20.2 Å². The Labute approximate surface area is 157 Å². The number of hydrazone groups is 2. The second kappa shape index (κ2) is 6.64. The van der Waals surface area contributed by atoms with Crippen LogP contribution in [-0.2, 0) is 9.59 Å². The first kappa shape index (κ1) is 16.9. The van der Waals surface area contributed by atoms with Gasteiger partial charge in [0.2, 0.25) is 0 Å². The Bertz CT molecular complexity index is 993. The van der Waals surface area contributed by atoms with E-state index >= 15 is 0 Å². The molecule has 0 aromatic heterocycles. The molecule has 27 heavy (non-hydrogen) atoms. The van der Waals surface area contributed by atoms with Crippen LogP contribution in [0.25, 0.3) is 0 Å². The van der Waals surface area contributed by atoms with E-state index in [2.05, 4.69) is 10.2 Å². The lowest BCUT2D eigenvalue weighted by atomic mass is 9.98. The molecule has 134 valence electrons. The molecule has 6 nitrogen and oxygen atoms in total. The van der Waals surface area contributed by atoms with Crippen molar-refractivity contribution in [2.75, 3.05) is 10.0 Å². The van der Waals surface area contributed by atoms with Crippen molar-refractivity contribution in [1.82, 2.24) is 0 Å². The molecule has 4 rings (SSSR count). The number of carbonyl (C=O) groups excluding carboxylic acids is 2. The summed E-state index contributed by atoms with van der Waals surface area (Å²) >= 11 is 0. The highest BCUT2D eigenvalue weighted by Crippen LogP contribution is 2.28. The molecule has 0 unspecified atom stereocenters. The van der Waals surface area contributed by atoms with Crippen molar-refractivity contribution in [2.45, 2.75) is 13.8 Å². The minimum Gasteiger partial charge on any atom is -0.271 e. The lowest BCUT2D eigenvalue weighted by Crippen LogP contribution is -2.27. The second-order valence-corrected chi connectivity index (χ2v) is 6.42. The van der Waals surface area contributed by atoms with Crippen LogP contribution in [0, 0.1) is 5.92 Å². The van der Waals surface area contributed by atoms with Crippen molar-refractivity contribution >= 4 is 34.6 Å². The minimum atomic E-state index is -0.579. The fourth-order valence-electron chi connectivity index (χ4n) is 3.15. The van der Waals surface area contributed by atoms with E-state index in [-0.39, 0.29) is 11.8 Å². The third-order valence-corrected chi connectivity index (χ3v) is 4.58. The molecular formula is C21H18N4O2. The molecule has 2 aliphatic heterocycles. The SMILES string of the molecule is CC1=NN(c2ccccc2)C(=O)/C1=C/[C@H]1C(=O)N(c2ccccc2)N=C1C. The fourth-order valence-corrected chi connectivity index (χ4v) is 3.15. The lowest BCUT2D eigenvalue weighted by molar-refractivity contribution is -0.118. The highest BCUT2D eigenvalue weighted by Gasteiger charge is 2.36. The molecule has 6 heteroatoms. The summed E-state index contributed by atoms with van der Waals surface area (Å²) in [6.45, 7) is 3.57. The van der Waals surface area contributed by atoms with Crippen molar-refractivity contribution in [3.8, 4) is 0 Å². The van der Waals surface area contributed by atoms with Gasteiger partial charge in [0.05, 0.1) is 34.3 Å². The number of amides is 2. The molecule has 2 amide bonds. The predicted molar refractivity (Wildman–Crippen MR) is 106 cm³/mol. The molecule has 2 aromatic carbocycles. The summed E-state index contributed by atoms with van der Waals surface area (Å²) in [5, 5.41) is 11.5. The van der Waals surface area contributed by atoms with E-state index in [0.29, 0.717) is 28.4 Å². The number of nitrogens with zero attached hydrogens (tertiary/aromatic N) is 4. The van der Waals surface area contributed by atoms with E-state index in [4.69, 9.17) is 0 Å². The lowest BCUT2D eigenvalue weighted by Gasteiger charge is -2.13. The Hall–Kier alpha value is -3.54. The van der Waals surface area contributed by atoms with E-state index in [1.165, 1.54) is 10.0 Å². The molecule has 0 fully saturated rings. The van der Waals surface area contributed by atoms with E-state index in [9.17, 15) is 9.59 Å². The summed E-state index contributed by atoms with van der Waals surface area (Å²) in [5.74, 6) is -0.993. The number of benzene rings is 2. The Kier molecular flexibility index (Phi) is 4.16. The Morgan fingerprint density at radius 3 is 1.96 bits per heavy atom. The summed E-state index contributed by atoms with van der Waals surface area (Å²) in [7, 11) is 0. The highest BCUT2D eigenvalue weighted by atomic mass is 16.2. The summed E-state index contributed by atoms with van der Waals surface area (Å²) in [6.07, 6.45) is 1.67. The summed E-state index contributed by atoms with van der Waals surface area (Å²) in [4.78, 5) is 25.7. The van der Waals surface area contributed by atoms with Crippen LogP contribution in [0.1, 0.15) is 13.8 Å². The van der Waals surface area contributed by atoms with Gasteiger partial charge in [0.15, 0.2) is 0 Å². The Balaban J connectivity index is 1.63. The van der Waals surface area contributed by atoms with E-state index in [1.807, 2.05) is 60.7 Å². The normalized spacial score (nSPS) is 21.1. The van der Waals surface area contributed by atoms with Crippen molar-refractivity contribution in [3.05, 3.63) is 72.3 Å². The Morgan fingerprint density at radius 1 is 0.815 bits per heavy atom. The van der Waals surface area contributed by atoms with Crippen molar-refractivity contribution in [1.29, 1.82) is 0 Å². The summed E-state index contributed by atoms with van der Waals surface area (Å²) in [6, 6.07) is 18.5. The van der Waals surface area contributed by atoms with Crippen molar-refractivity contribution < 1.29 is 9.59 Å². The third-order valence-electron chi connectivity index (χ3n) is 4.58. The molecule has 0 aliphatic carbocycles. The molecule has 0 bridgehead atoms. The van der Waals surface area contributed by atoms with E-state index in [1.54, 1.807) is 19.9 Å². The maximum atomic E-state index is 12.9. The number of carbonyl (C=O) groups is 2. The van der Waals surface area contributed by atoms with Gasteiger partial charge in [-0.3, -0.25) is 9.59 Å². The standard InChI is InChI=1S/C21H18N4O2/c1-14-18(20(26)24(22-14)16-9-5-3-6-10-16)13-19-15(2)23-25(21(19)27)17-11-7-4-8-12-17/h3-13,18H,1-2H3/b19-13+/t18-/m1/s1. The maximum Gasteiger partial charge on any atom is 0.280 e. The minimum absolute atomic E-state index is 0.176. The molecule has 0 saturated heterocycles. The van der Waals surface area contributed by atoms with Gasteiger partial charge in [-0.1, -0.05) is 42.5 Å². The van der Waals surface area contributed by atoms with Gasteiger partial charge in [-0.15, -0.1) is 0 Å². The Morgan fingerprint density at radius 2 is 1.37 bits per heavy atom. The molecular weight excluding hydrogens is 340 g/mol. The molecule has 0 spiro atoms.